The van der Waals surface area contributed by atoms with Crippen molar-refractivity contribution in [1.82, 2.24) is 0 Å². The molecule has 0 aromatic heterocycles. The lowest BCUT2D eigenvalue weighted by Crippen LogP contribution is -2.24. The molecule has 0 saturated heterocycles. The van der Waals surface area contributed by atoms with Gasteiger partial charge >= 0.3 is 0 Å². The predicted octanol–water partition coefficient (Wildman–Crippen LogP) is 14.0. The number of anilines is 5. The second-order valence-corrected chi connectivity index (χ2v) is 14.4. The lowest BCUT2D eigenvalue weighted by Gasteiger charge is -2.32. The Labute approximate surface area is 310 Å². The van der Waals surface area contributed by atoms with E-state index in [2.05, 4.69) is 200 Å². The van der Waals surface area contributed by atoms with Gasteiger partial charge in [0.05, 0.1) is 0 Å². The van der Waals surface area contributed by atoms with E-state index in [1.54, 1.807) is 0 Å². The van der Waals surface area contributed by atoms with Crippen LogP contribution in [0.4, 0.5) is 28.4 Å². The van der Waals surface area contributed by atoms with Crippen LogP contribution in [0.5, 0.6) is 0 Å². The number of hydrogen-bond acceptors (Lipinski definition) is 2. The van der Waals surface area contributed by atoms with Crippen LogP contribution in [0.2, 0.25) is 0 Å². The normalized spacial score (nSPS) is 14.6. The molecule has 0 radical (unpaired) electrons. The van der Waals surface area contributed by atoms with Gasteiger partial charge in [0.25, 0.3) is 0 Å². The molecule has 258 valence electrons. The van der Waals surface area contributed by atoms with Crippen molar-refractivity contribution < 1.29 is 0 Å². The molecular formula is C50H48N2. The molecule has 2 aliphatic carbocycles. The lowest BCUT2D eigenvalue weighted by molar-refractivity contribution is 0.489. The molecule has 2 aliphatic rings. The van der Waals surface area contributed by atoms with E-state index < -0.39 is 0 Å². The molecule has 0 bridgehead atoms. The minimum Gasteiger partial charge on any atom is -0.311 e. The summed E-state index contributed by atoms with van der Waals surface area (Å²) in [5.74, 6) is 0.389. The number of para-hydroxylation sites is 3. The van der Waals surface area contributed by atoms with E-state index in [9.17, 15) is 0 Å². The van der Waals surface area contributed by atoms with Crippen LogP contribution < -0.4 is 9.80 Å². The number of fused-ring (bicyclic) bond motifs is 3. The van der Waals surface area contributed by atoms with Gasteiger partial charge in [-0.3, -0.25) is 0 Å². The fraction of sp³-hybridized carbons (Fsp3) is 0.200. The first-order valence-corrected chi connectivity index (χ1v) is 19.1. The summed E-state index contributed by atoms with van der Waals surface area (Å²) in [6.45, 7) is 7.14. The van der Waals surface area contributed by atoms with Crippen molar-refractivity contribution in [3.8, 4) is 11.1 Å². The highest BCUT2D eigenvalue weighted by molar-refractivity contribution is 5.85. The molecular weight excluding hydrogens is 629 g/mol. The summed E-state index contributed by atoms with van der Waals surface area (Å²) in [5, 5.41) is 0. The molecule has 0 saturated carbocycles. The lowest BCUT2D eigenvalue weighted by atomic mass is 9.73. The zero-order valence-corrected chi connectivity index (χ0v) is 30.7. The Morgan fingerprint density at radius 3 is 1.62 bits per heavy atom. The third-order valence-electron chi connectivity index (χ3n) is 11.4. The molecule has 0 N–H and O–H groups in total. The van der Waals surface area contributed by atoms with E-state index in [1.165, 1.54) is 56.1 Å². The molecule has 6 aromatic carbocycles. The molecule has 0 heterocycles. The van der Waals surface area contributed by atoms with Crippen molar-refractivity contribution in [1.29, 1.82) is 0 Å². The van der Waals surface area contributed by atoms with E-state index in [-0.39, 0.29) is 5.41 Å². The van der Waals surface area contributed by atoms with Crippen LogP contribution >= 0.6 is 0 Å². The van der Waals surface area contributed by atoms with E-state index >= 15 is 0 Å². The predicted molar refractivity (Wildman–Crippen MR) is 222 cm³/mol. The summed E-state index contributed by atoms with van der Waals surface area (Å²) < 4.78 is 0. The van der Waals surface area contributed by atoms with Gasteiger partial charge in [0, 0.05) is 39.5 Å². The van der Waals surface area contributed by atoms with Gasteiger partial charge in [0.2, 0.25) is 0 Å². The summed E-state index contributed by atoms with van der Waals surface area (Å²) >= 11 is 0. The number of hydrogen-bond donors (Lipinski definition) is 0. The first kappa shape index (κ1) is 33.5. The standard InChI is InChI=1S/C50H48N2/c1-4-50(5-2)48-35-39(37(3)34-38-26-29-44(30-27-38)51(40-18-10-6-11-19-40)41-20-12-7-13-21-41)28-32-46(48)47-33-31-45(36-49(47)50)52(42-22-14-8-15-23-42)43-24-16-9-17-25-43/h6-8,10-16,18-33,35-37H,4-5,9,17,34H2,1-3H3. The average Bonchev–Trinajstić information content (AvgIpc) is 3.49. The van der Waals surface area contributed by atoms with E-state index in [4.69, 9.17) is 0 Å². The Morgan fingerprint density at radius 2 is 1.06 bits per heavy atom. The van der Waals surface area contributed by atoms with Crippen LogP contribution in [0, 0.1) is 0 Å². The second-order valence-electron chi connectivity index (χ2n) is 14.4. The maximum atomic E-state index is 2.55. The highest BCUT2D eigenvalue weighted by Gasteiger charge is 2.41. The first-order valence-electron chi connectivity index (χ1n) is 19.1. The molecule has 6 aromatic rings. The maximum absolute atomic E-state index is 2.55. The van der Waals surface area contributed by atoms with Gasteiger partial charge in [-0.2, -0.15) is 0 Å². The Hall–Kier alpha value is -5.60. The van der Waals surface area contributed by atoms with Crippen molar-refractivity contribution in [3.05, 3.63) is 198 Å². The summed E-state index contributed by atoms with van der Waals surface area (Å²) in [4.78, 5) is 4.76. The van der Waals surface area contributed by atoms with E-state index in [1.807, 2.05) is 0 Å². The number of benzene rings is 6. The molecule has 0 spiro atoms. The van der Waals surface area contributed by atoms with Crippen molar-refractivity contribution in [2.45, 2.75) is 64.2 Å². The summed E-state index contributed by atoms with van der Waals surface area (Å²) in [6, 6.07) is 55.8. The monoisotopic (exact) mass is 676 g/mol. The minimum absolute atomic E-state index is 0.0183. The highest BCUT2D eigenvalue weighted by Crippen LogP contribution is 2.54. The van der Waals surface area contributed by atoms with E-state index in [0.29, 0.717) is 5.92 Å². The summed E-state index contributed by atoms with van der Waals surface area (Å²) in [6.07, 6.45) is 12.3. The smallest absolute Gasteiger partial charge is 0.0464 e. The van der Waals surface area contributed by atoms with Gasteiger partial charge in [-0.25, -0.2) is 0 Å². The van der Waals surface area contributed by atoms with Crippen LogP contribution in [0.3, 0.4) is 0 Å². The van der Waals surface area contributed by atoms with Crippen LogP contribution in [0.1, 0.15) is 74.6 Å². The van der Waals surface area contributed by atoms with Crippen LogP contribution in [-0.4, -0.2) is 0 Å². The number of nitrogens with zero attached hydrogens (tertiary/aromatic N) is 2. The molecule has 1 atom stereocenters. The molecule has 0 fully saturated rings. The quantitative estimate of drug-likeness (QED) is 0.135. The number of rotatable bonds is 11. The Balaban J connectivity index is 1.09. The first-order chi connectivity index (χ1) is 25.6. The molecule has 52 heavy (non-hydrogen) atoms. The third kappa shape index (κ3) is 6.17. The highest BCUT2D eigenvalue weighted by atomic mass is 15.1. The molecule has 2 heteroatoms. The van der Waals surface area contributed by atoms with Gasteiger partial charge in [-0.05, 0) is 138 Å². The average molecular weight is 677 g/mol. The van der Waals surface area contributed by atoms with Crippen molar-refractivity contribution in [2.75, 3.05) is 9.80 Å². The fourth-order valence-corrected chi connectivity index (χ4v) is 8.60. The maximum Gasteiger partial charge on any atom is 0.0464 e. The molecule has 8 rings (SSSR count). The van der Waals surface area contributed by atoms with Crippen LogP contribution in [-0.2, 0) is 11.8 Å². The van der Waals surface area contributed by atoms with Gasteiger partial charge in [-0.15, -0.1) is 0 Å². The summed E-state index contributed by atoms with van der Waals surface area (Å²) in [5.41, 5.74) is 15.7. The number of allylic oxidation sites excluding steroid dienone is 3. The largest absolute Gasteiger partial charge is 0.311 e. The zero-order valence-electron chi connectivity index (χ0n) is 30.7. The van der Waals surface area contributed by atoms with Gasteiger partial charge in [0.1, 0.15) is 0 Å². The van der Waals surface area contributed by atoms with Crippen molar-refractivity contribution in [2.24, 2.45) is 0 Å². The van der Waals surface area contributed by atoms with Gasteiger partial charge < -0.3 is 9.80 Å². The zero-order chi connectivity index (χ0) is 35.5. The molecule has 2 nitrogen and oxygen atoms in total. The topological polar surface area (TPSA) is 6.48 Å². The van der Waals surface area contributed by atoms with Crippen LogP contribution in [0.25, 0.3) is 11.1 Å². The Kier molecular flexibility index (Phi) is 9.39. The van der Waals surface area contributed by atoms with Crippen molar-refractivity contribution >= 4 is 28.4 Å². The molecule has 1 unspecified atom stereocenters. The van der Waals surface area contributed by atoms with Gasteiger partial charge in [-0.1, -0.05) is 124 Å². The third-order valence-corrected chi connectivity index (χ3v) is 11.4. The van der Waals surface area contributed by atoms with Crippen LogP contribution in [0.15, 0.2) is 176 Å². The second kappa shape index (κ2) is 14.6. The molecule has 0 aliphatic heterocycles. The minimum atomic E-state index is -0.0183. The van der Waals surface area contributed by atoms with E-state index in [0.717, 1.165) is 43.5 Å². The summed E-state index contributed by atoms with van der Waals surface area (Å²) in [7, 11) is 0. The Bertz CT molecular complexity index is 2150. The SMILES string of the molecule is CCC1(CC)c2cc(C(C)Cc3ccc(N(c4ccccc4)c4ccccc4)cc3)ccc2-c2ccc(N(C3=CCCC=C3)c3ccccc3)cc21. The molecule has 0 amide bonds. The fourth-order valence-electron chi connectivity index (χ4n) is 8.60. The van der Waals surface area contributed by atoms with Gasteiger partial charge in [0.15, 0.2) is 0 Å². The van der Waals surface area contributed by atoms with Crippen molar-refractivity contribution in [3.63, 3.8) is 0 Å². The Morgan fingerprint density at radius 1 is 0.538 bits per heavy atom.